The van der Waals surface area contributed by atoms with Crippen LogP contribution in [0.25, 0.3) is 0 Å². The van der Waals surface area contributed by atoms with E-state index in [2.05, 4.69) is 33.0 Å². The number of ketones is 2. The molecule has 7 heteroatoms. The van der Waals surface area contributed by atoms with Crippen LogP contribution in [0, 0.1) is 16.6 Å². The van der Waals surface area contributed by atoms with Crippen molar-refractivity contribution in [2.75, 3.05) is 0 Å². The molecule has 1 N–H and O–H groups in total. The predicted molar refractivity (Wildman–Crippen MR) is 143 cm³/mol. The number of nitrogens with one attached hydrogen (secondary N) is 1. The fourth-order valence-corrected chi connectivity index (χ4v) is 6.49. The van der Waals surface area contributed by atoms with Gasteiger partial charge in [0.1, 0.15) is 18.2 Å². The lowest BCUT2D eigenvalue weighted by atomic mass is 9.64. The summed E-state index contributed by atoms with van der Waals surface area (Å²) in [6.45, 7) is 8.38. The van der Waals surface area contributed by atoms with Gasteiger partial charge in [0.05, 0.1) is 5.02 Å². The molecular weight excluding hydrogens is 512 g/mol. The molecule has 5 rings (SSSR count). The Kier molecular flexibility index (Phi) is 6.52. The van der Waals surface area contributed by atoms with E-state index in [1.165, 1.54) is 12.1 Å². The maximum Gasteiger partial charge on any atom is 0.162 e. The van der Waals surface area contributed by atoms with Gasteiger partial charge in [-0.2, -0.15) is 0 Å². The number of dihydropyridines is 1. The lowest BCUT2D eigenvalue weighted by Crippen LogP contribution is -2.42. The molecule has 2 aromatic rings. The van der Waals surface area contributed by atoms with Gasteiger partial charge in [0.2, 0.25) is 0 Å². The minimum absolute atomic E-state index is 0.000104. The van der Waals surface area contributed by atoms with Crippen molar-refractivity contribution < 1.29 is 18.7 Å². The van der Waals surface area contributed by atoms with Crippen LogP contribution in [0.4, 0.5) is 4.39 Å². The van der Waals surface area contributed by atoms with Gasteiger partial charge >= 0.3 is 0 Å². The summed E-state index contributed by atoms with van der Waals surface area (Å²) >= 11 is 13.1. The fraction of sp³-hybridized carbons (Fsp3) is 0.400. The molecule has 0 bridgehead atoms. The SMILES string of the molecule is CC1(C)CC(=O)C2=C(C1)NC1=C(C(=O)CC(C)(C)C1)C2c1cc(Cl)cc(Cl)c1OCc1cccc(F)c1. The third kappa shape index (κ3) is 5.08. The van der Waals surface area contributed by atoms with Crippen molar-refractivity contribution in [2.24, 2.45) is 10.8 Å². The predicted octanol–water partition coefficient (Wildman–Crippen LogP) is 7.68. The van der Waals surface area contributed by atoms with Crippen LogP contribution in [0.1, 0.15) is 70.4 Å². The molecule has 0 saturated heterocycles. The molecule has 0 atom stereocenters. The Morgan fingerprint density at radius 1 is 0.919 bits per heavy atom. The highest BCUT2D eigenvalue weighted by Gasteiger charge is 2.47. The third-order valence-electron chi connectivity index (χ3n) is 7.34. The second-order valence-corrected chi connectivity index (χ2v) is 12.8. The first-order valence-electron chi connectivity index (χ1n) is 12.5. The molecule has 2 aliphatic carbocycles. The Morgan fingerprint density at radius 2 is 1.51 bits per heavy atom. The van der Waals surface area contributed by atoms with Crippen molar-refractivity contribution >= 4 is 34.8 Å². The molecule has 0 unspecified atom stereocenters. The summed E-state index contributed by atoms with van der Waals surface area (Å²) in [5.41, 5.74) is 3.67. The van der Waals surface area contributed by atoms with Gasteiger partial charge in [-0.25, -0.2) is 4.39 Å². The first-order valence-corrected chi connectivity index (χ1v) is 13.2. The molecule has 3 aliphatic rings. The summed E-state index contributed by atoms with van der Waals surface area (Å²) in [5, 5.41) is 4.17. The largest absolute Gasteiger partial charge is 0.487 e. The number of Topliss-reactive ketones (excluding diaryl/α,β-unsaturated/α-hetero) is 2. The van der Waals surface area contributed by atoms with Crippen LogP contribution in [0.5, 0.6) is 5.75 Å². The van der Waals surface area contributed by atoms with E-state index in [0.717, 1.165) is 11.4 Å². The number of hydrogen-bond donors (Lipinski definition) is 1. The molecule has 0 radical (unpaired) electrons. The van der Waals surface area contributed by atoms with Crippen molar-refractivity contribution in [3.8, 4) is 5.75 Å². The highest BCUT2D eigenvalue weighted by Crippen LogP contribution is 2.53. The Balaban J connectivity index is 1.68. The Bertz CT molecular complexity index is 1340. The first kappa shape index (κ1) is 26.0. The first-order chi connectivity index (χ1) is 17.3. The number of benzene rings is 2. The summed E-state index contributed by atoms with van der Waals surface area (Å²) in [7, 11) is 0. The number of hydrogen-bond acceptors (Lipinski definition) is 4. The van der Waals surface area contributed by atoms with Crippen LogP contribution in [0.3, 0.4) is 0 Å². The average Bonchev–Trinajstić information content (AvgIpc) is 2.75. The van der Waals surface area contributed by atoms with E-state index in [0.29, 0.717) is 58.7 Å². The fourth-order valence-electron chi connectivity index (χ4n) is 5.93. The van der Waals surface area contributed by atoms with Gasteiger partial charge in [0.15, 0.2) is 11.6 Å². The summed E-state index contributed by atoms with van der Waals surface area (Å²) < 4.78 is 20.0. The highest BCUT2D eigenvalue weighted by molar-refractivity contribution is 6.35. The Hall–Kier alpha value is -2.63. The lowest BCUT2D eigenvalue weighted by Gasteiger charge is -2.44. The maximum atomic E-state index is 13.8. The van der Waals surface area contributed by atoms with Gasteiger partial charge in [-0.15, -0.1) is 0 Å². The molecular formula is C30H30Cl2FNO3. The monoisotopic (exact) mass is 541 g/mol. The quantitative estimate of drug-likeness (QED) is 0.431. The van der Waals surface area contributed by atoms with Crippen molar-refractivity contribution in [1.82, 2.24) is 5.32 Å². The zero-order valence-corrected chi connectivity index (χ0v) is 22.9. The zero-order valence-electron chi connectivity index (χ0n) is 21.4. The molecule has 0 spiro atoms. The molecule has 0 amide bonds. The van der Waals surface area contributed by atoms with Crippen molar-refractivity contribution in [3.63, 3.8) is 0 Å². The molecule has 1 aliphatic heterocycles. The van der Waals surface area contributed by atoms with Gasteiger partial charge in [0.25, 0.3) is 0 Å². The lowest BCUT2D eigenvalue weighted by molar-refractivity contribution is -0.119. The van der Waals surface area contributed by atoms with Crippen LogP contribution >= 0.6 is 23.2 Å². The number of allylic oxidation sites excluding steroid dienone is 4. The van der Waals surface area contributed by atoms with Crippen molar-refractivity contribution in [1.29, 1.82) is 0 Å². The van der Waals surface area contributed by atoms with Gasteiger partial charge in [-0.05, 0) is 53.5 Å². The molecule has 2 aromatic carbocycles. The topological polar surface area (TPSA) is 55.4 Å². The van der Waals surface area contributed by atoms with Crippen molar-refractivity contribution in [3.05, 3.63) is 85.9 Å². The van der Waals surface area contributed by atoms with Crippen LogP contribution < -0.4 is 10.1 Å². The summed E-state index contributed by atoms with van der Waals surface area (Å²) in [5.74, 6) is -0.661. The van der Waals surface area contributed by atoms with Crippen molar-refractivity contribution in [2.45, 2.75) is 65.9 Å². The summed E-state index contributed by atoms with van der Waals surface area (Å²) in [4.78, 5) is 27.3. The number of halogens is 3. The number of carbonyl (C=O) groups excluding carboxylic acids is 2. The normalized spacial score (nSPS) is 20.9. The summed E-state index contributed by atoms with van der Waals surface area (Å²) in [6.07, 6.45) is 2.12. The minimum Gasteiger partial charge on any atom is -0.487 e. The number of carbonyl (C=O) groups is 2. The molecule has 0 aromatic heterocycles. The van der Waals surface area contributed by atoms with E-state index < -0.39 is 5.92 Å². The van der Waals surface area contributed by atoms with E-state index in [4.69, 9.17) is 27.9 Å². The van der Waals surface area contributed by atoms with Gasteiger partial charge in [0, 0.05) is 51.9 Å². The molecule has 0 saturated carbocycles. The van der Waals surface area contributed by atoms with Crippen LogP contribution in [0.15, 0.2) is 58.9 Å². The molecule has 37 heavy (non-hydrogen) atoms. The van der Waals surface area contributed by atoms with E-state index in [1.807, 2.05) is 0 Å². The Labute approximate surface area is 226 Å². The van der Waals surface area contributed by atoms with E-state index in [9.17, 15) is 14.0 Å². The maximum absolute atomic E-state index is 13.8. The molecule has 194 valence electrons. The van der Waals surface area contributed by atoms with Gasteiger partial charge < -0.3 is 10.1 Å². The van der Waals surface area contributed by atoms with E-state index in [-0.39, 0.29) is 39.8 Å². The van der Waals surface area contributed by atoms with Gasteiger partial charge in [-0.1, -0.05) is 63.0 Å². The average molecular weight is 542 g/mol. The van der Waals surface area contributed by atoms with Crippen LogP contribution in [-0.2, 0) is 16.2 Å². The molecule has 4 nitrogen and oxygen atoms in total. The van der Waals surface area contributed by atoms with E-state index in [1.54, 1.807) is 24.3 Å². The second-order valence-electron chi connectivity index (χ2n) is 11.9. The van der Waals surface area contributed by atoms with Gasteiger partial charge in [-0.3, -0.25) is 9.59 Å². The Morgan fingerprint density at radius 3 is 2.08 bits per heavy atom. The minimum atomic E-state index is -0.642. The molecule has 0 fully saturated rings. The summed E-state index contributed by atoms with van der Waals surface area (Å²) in [6, 6.07) is 9.46. The van der Waals surface area contributed by atoms with Crippen LogP contribution in [0.2, 0.25) is 10.0 Å². The van der Waals surface area contributed by atoms with Crippen LogP contribution in [-0.4, -0.2) is 11.6 Å². The number of ether oxygens (including phenoxy) is 1. The molecule has 1 heterocycles. The zero-order chi connectivity index (χ0) is 26.7. The second kappa shape index (κ2) is 9.28. The smallest absolute Gasteiger partial charge is 0.162 e. The standard InChI is InChI=1S/C30H30Cl2FNO3/c1-29(2)11-21-26(23(35)13-29)25(27-22(34-21)12-30(3,4)14-24(27)36)19-9-17(31)10-20(32)28(19)37-15-16-6-5-7-18(33)8-16/h5-10,25,34H,11-15H2,1-4H3. The van der Waals surface area contributed by atoms with E-state index >= 15 is 0 Å². The third-order valence-corrected chi connectivity index (χ3v) is 7.84. The highest BCUT2D eigenvalue weighted by atomic mass is 35.5. The number of rotatable bonds is 4.